The standard InChI is InChI=1S/C24H25NO5/c1-4-29-22(27)24(23(28)30-5-2)16(3)25-20(17-12-8-6-9-13-17)19(24)21(26)18-14-10-7-11-15-18/h6-15,19-20H,4-5H2,1-3H3/t19-,20-/m0/s1. The predicted molar refractivity (Wildman–Crippen MR) is 112 cm³/mol. The Bertz CT molecular complexity index is 934. The molecule has 0 saturated carbocycles. The van der Waals surface area contributed by atoms with Crippen LogP contribution in [-0.2, 0) is 19.1 Å². The molecule has 0 aromatic heterocycles. The van der Waals surface area contributed by atoms with E-state index in [1.165, 1.54) is 0 Å². The molecule has 1 aliphatic rings. The summed E-state index contributed by atoms with van der Waals surface area (Å²) in [7, 11) is 0. The maximum Gasteiger partial charge on any atom is 0.330 e. The highest BCUT2D eigenvalue weighted by Gasteiger charge is 2.65. The highest BCUT2D eigenvalue weighted by molar-refractivity contribution is 6.26. The Morgan fingerprint density at radius 2 is 1.37 bits per heavy atom. The van der Waals surface area contributed by atoms with Crippen molar-refractivity contribution in [1.29, 1.82) is 0 Å². The van der Waals surface area contributed by atoms with E-state index in [4.69, 9.17) is 9.47 Å². The zero-order valence-electron chi connectivity index (χ0n) is 17.3. The van der Waals surface area contributed by atoms with Crippen LogP contribution in [0.25, 0.3) is 0 Å². The van der Waals surface area contributed by atoms with Crippen LogP contribution in [0.4, 0.5) is 0 Å². The number of ketones is 1. The van der Waals surface area contributed by atoms with Gasteiger partial charge in [0.2, 0.25) is 5.41 Å². The number of esters is 2. The third kappa shape index (κ3) is 3.54. The Morgan fingerprint density at radius 3 is 1.87 bits per heavy atom. The molecular weight excluding hydrogens is 382 g/mol. The Balaban J connectivity index is 2.24. The van der Waals surface area contributed by atoms with Gasteiger partial charge >= 0.3 is 11.9 Å². The molecule has 1 aliphatic heterocycles. The van der Waals surface area contributed by atoms with Crippen LogP contribution < -0.4 is 0 Å². The number of aliphatic imine (C=N–C) groups is 1. The molecule has 0 saturated heterocycles. The summed E-state index contributed by atoms with van der Waals surface area (Å²) >= 11 is 0. The SMILES string of the molecule is CCOC(=O)C1(C(=O)OCC)C(C)=N[C@@H](c2ccccc2)[C@H]1C(=O)c1ccccc1. The van der Waals surface area contributed by atoms with Crippen molar-refractivity contribution in [2.45, 2.75) is 26.8 Å². The van der Waals surface area contributed by atoms with Crippen LogP contribution in [0.3, 0.4) is 0 Å². The topological polar surface area (TPSA) is 82.0 Å². The fourth-order valence-electron chi connectivity index (χ4n) is 4.01. The average Bonchev–Trinajstić information content (AvgIpc) is 3.08. The summed E-state index contributed by atoms with van der Waals surface area (Å²) in [6.07, 6.45) is 0. The van der Waals surface area contributed by atoms with Crippen LogP contribution in [-0.4, -0.2) is 36.6 Å². The second kappa shape index (κ2) is 9.03. The van der Waals surface area contributed by atoms with E-state index >= 15 is 0 Å². The molecule has 1 heterocycles. The molecule has 6 heteroatoms. The van der Waals surface area contributed by atoms with Crippen LogP contribution in [0.1, 0.15) is 42.7 Å². The maximum atomic E-state index is 13.7. The molecule has 30 heavy (non-hydrogen) atoms. The first kappa shape index (κ1) is 21.4. The third-order valence-corrected chi connectivity index (χ3v) is 5.36. The smallest absolute Gasteiger partial charge is 0.330 e. The second-order valence-corrected chi connectivity index (χ2v) is 7.03. The van der Waals surface area contributed by atoms with Gasteiger partial charge in [0.25, 0.3) is 0 Å². The number of Topliss-reactive ketones (excluding diaryl/α,β-unsaturated/α-hetero) is 1. The molecule has 0 bridgehead atoms. The summed E-state index contributed by atoms with van der Waals surface area (Å²) in [6.45, 7) is 5.02. The molecule has 0 radical (unpaired) electrons. The molecule has 2 aromatic carbocycles. The Kier molecular flexibility index (Phi) is 6.45. The molecule has 3 rings (SSSR count). The van der Waals surface area contributed by atoms with Gasteiger partial charge in [0.15, 0.2) is 5.78 Å². The first-order valence-electron chi connectivity index (χ1n) is 10.0. The van der Waals surface area contributed by atoms with E-state index in [9.17, 15) is 14.4 Å². The van der Waals surface area contributed by atoms with Crippen molar-refractivity contribution in [1.82, 2.24) is 0 Å². The summed E-state index contributed by atoms with van der Waals surface area (Å²) in [5.74, 6) is -3.08. The normalized spacial score (nSPS) is 19.6. The fraction of sp³-hybridized carbons (Fsp3) is 0.333. The van der Waals surface area contributed by atoms with Crippen molar-refractivity contribution >= 4 is 23.4 Å². The minimum atomic E-state index is -1.93. The summed E-state index contributed by atoms with van der Waals surface area (Å²) in [5, 5.41) is 0. The van der Waals surface area contributed by atoms with E-state index in [-0.39, 0.29) is 24.7 Å². The number of hydrogen-bond donors (Lipinski definition) is 0. The van der Waals surface area contributed by atoms with Crippen LogP contribution in [0.15, 0.2) is 65.7 Å². The highest BCUT2D eigenvalue weighted by atomic mass is 16.6. The number of nitrogens with zero attached hydrogens (tertiary/aromatic N) is 1. The van der Waals surface area contributed by atoms with Crippen molar-refractivity contribution in [3.05, 3.63) is 71.8 Å². The Hall–Kier alpha value is -3.28. The molecular formula is C24H25NO5. The number of rotatable bonds is 7. The largest absolute Gasteiger partial charge is 0.465 e. The van der Waals surface area contributed by atoms with E-state index in [0.29, 0.717) is 5.56 Å². The van der Waals surface area contributed by atoms with E-state index in [1.807, 2.05) is 30.3 Å². The zero-order valence-corrected chi connectivity index (χ0v) is 17.3. The Labute approximate surface area is 175 Å². The van der Waals surface area contributed by atoms with Crippen LogP contribution in [0.2, 0.25) is 0 Å². The van der Waals surface area contributed by atoms with E-state index in [0.717, 1.165) is 5.56 Å². The monoisotopic (exact) mass is 407 g/mol. The van der Waals surface area contributed by atoms with Crippen LogP contribution in [0.5, 0.6) is 0 Å². The van der Waals surface area contributed by atoms with Gasteiger partial charge in [-0.2, -0.15) is 0 Å². The summed E-state index contributed by atoms with van der Waals surface area (Å²) in [6, 6.07) is 17.1. The molecule has 2 aromatic rings. The van der Waals surface area contributed by atoms with Gasteiger partial charge in [0.1, 0.15) is 0 Å². The lowest BCUT2D eigenvalue weighted by Gasteiger charge is -2.32. The summed E-state index contributed by atoms with van der Waals surface area (Å²) in [4.78, 5) is 44.9. The molecule has 0 spiro atoms. The molecule has 0 unspecified atom stereocenters. The van der Waals surface area contributed by atoms with Gasteiger partial charge in [-0.05, 0) is 26.3 Å². The minimum Gasteiger partial charge on any atom is -0.465 e. The van der Waals surface area contributed by atoms with Crippen LogP contribution >= 0.6 is 0 Å². The zero-order chi connectivity index (χ0) is 21.7. The van der Waals surface area contributed by atoms with Gasteiger partial charge in [0.05, 0.1) is 25.2 Å². The van der Waals surface area contributed by atoms with Gasteiger partial charge in [-0.25, -0.2) is 0 Å². The van der Waals surface area contributed by atoms with E-state index in [2.05, 4.69) is 4.99 Å². The average molecular weight is 407 g/mol. The van der Waals surface area contributed by atoms with Gasteiger partial charge in [-0.15, -0.1) is 0 Å². The van der Waals surface area contributed by atoms with Gasteiger partial charge in [-0.3, -0.25) is 19.4 Å². The van der Waals surface area contributed by atoms with E-state index in [1.54, 1.807) is 51.1 Å². The summed E-state index contributed by atoms with van der Waals surface area (Å²) in [5.41, 5.74) is -0.574. The summed E-state index contributed by atoms with van der Waals surface area (Å²) < 4.78 is 10.6. The lowest BCUT2D eigenvalue weighted by molar-refractivity contribution is -0.168. The molecule has 0 fully saturated rings. The fourth-order valence-corrected chi connectivity index (χ4v) is 4.01. The predicted octanol–water partition coefficient (Wildman–Crippen LogP) is 3.81. The quantitative estimate of drug-likeness (QED) is 0.396. The highest BCUT2D eigenvalue weighted by Crippen LogP contribution is 2.50. The number of hydrogen-bond acceptors (Lipinski definition) is 6. The molecule has 156 valence electrons. The molecule has 2 atom stereocenters. The van der Waals surface area contributed by atoms with Crippen LogP contribution in [0, 0.1) is 11.3 Å². The number of benzene rings is 2. The lowest BCUT2D eigenvalue weighted by Crippen LogP contribution is -2.53. The minimum absolute atomic E-state index is 0.0650. The third-order valence-electron chi connectivity index (χ3n) is 5.36. The van der Waals surface area contributed by atoms with E-state index < -0.39 is 29.3 Å². The number of carbonyl (C=O) groups excluding carboxylic acids is 3. The van der Waals surface area contributed by atoms with Crippen molar-refractivity contribution in [2.24, 2.45) is 16.3 Å². The number of carbonyl (C=O) groups is 3. The first-order chi connectivity index (χ1) is 14.5. The molecule has 0 N–H and O–H groups in total. The maximum absolute atomic E-state index is 13.7. The second-order valence-electron chi connectivity index (χ2n) is 7.03. The Morgan fingerprint density at radius 1 is 0.867 bits per heavy atom. The van der Waals surface area contributed by atoms with Gasteiger partial charge < -0.3 is 9.47 Å². The molecule has 0 amide bonds. The molecule has 0 aliphatic carbocycles. The van der Waals surface area contributed by atoms with Crippen molar-refractivity contribution in [3.8, 4) is 0 Å². The first-order valence-corrected chi connectivity index (χ1v) is 10.0. The van der Waals surface area contributed by atoms with Crippen molar-refractivity contribution in [2.75, 3.05) is 13.2 Å². The number of ether oxygens (including phenoxy) is 2. The van der Waals surface area contributed by atoms with Gasteiger partial charge in [-0.1, -0.05) is 60.7 Å². The van der Waals surface area contributed by atoms with Gasteiger partial charge in [0, 0.05) is 11.3 Å². The molecule has 6 nitrogen and oxygen atoms in total. The lowest BCUT2D eigenvalue weighted by atomic mass is 9.67. The van der Waals surface area contributed by atoms with Crippen molar-refractivity contribution < 1.29 is 23.9 Å². The van der Waals surface area contributed by atoms with Crippen molar-refractivity contribution in [3.63, 3.8) is 0 Å².